The summed E-state index contributed by atoms with van der Waals surface area (Å²) in [6.07, 6.45) is 63.6. The summed E-state index contributed by atoms with van der Waals surface area (Å²) < 4.78 is 11.2. The third kappa shape index (κ3) is 36.6. The van der Waals surface area contributed by atoms with E-state index in [2.05, 4.69) is 141 Å². The molecule has 0 aromatic heterocycles. The highest BCUT2D eigenvalue weighted by atomic mass is 16.7. The molecule has 0 aromatic carbocycles. The Morgan fingerprint density at radius 1 is 0.515 bits per heavy atom. The molecule has 6 N–H and O–H groups in total. The first-order valence-electron chi connectivity index (χ1n) is 26.7. The number of hydrogen-bond acceptors (Lipinski definition) is 8. The summed E-state index contributed by atoms with van der Waals surface area (Å²) in [4.78, 5) is 13.0. The fraction of sp³-hybridized carbons (Fsp3) is 0.644. The van der Waals surface area contributed by atoms with Crippen LogP contribution in [-0.2, 0) is 14.3 Å². The highest BCUT2D eigenvalue weighted by Gasteiger charge is 2.44. The van der Waals surface area contributed by atoms with Crippen LogP contribution in [0.25, 0.3) is 0 Å². The topological polar surface area (TPSA) is 149 Å². The molecule has 0 spiro atoms. The highest BCUT2D eigenvalue weighted by Crippen LogP contribution is 2.23. The van der Waals surface area contributed by atoms with Gasteiger partial charge >= 0.3 is 0 Å². The fourth-order valence-electron chi connectivity index (χ4n) is 7.60. The van der Waals surface area contributed by atoms with Crippen LogP contribution in [0.5, 0.6) is 0 Å². The van der Waals surface area contributed by atoms with Crippen molar-refractivity contribution in [1.82, 2.24) is 5.32 Å². The van der Waals surface area contributed by atoms with Crippen molar-refractivity contribution in [3.63, 3.8) is 0 Å². The molecule has 1 saturated heterocycles. The molecule has 1 fully saturated rings. The minimum atomic E-state index is -1.57. The second-order valence-electron chi connectivity index (χ2n) is 17.9. The van der Waals surface area contributed by atoms with Crippen molar-refractivity contribution < 1.29 is 39.8 Å². The normalized spacial score (nSPS) is 20.6. The van der Waals surface area contributed by atoms with Crippen molar-refractivity contribution >= 4 is 5.91 Å². The number of hydrogen-bond donors (Lipinski definition) is 6. The van der Waals surface area contributed by atoms with Crippen molar-refractivity contribution in [3.8, 4) is 0 Å². The summed E-state index contributed by atoms with van der Waals surface area (Å²) in [6, 6.07) is -0.750. The number of allylic oxidation sites excluding steroid dienone is 20. The third-order valence-electron chi connectivity index (χ3n) is 11.8. The first-order valence-corrected chi connectivity index (χ1v) is 26.7. The van der Waals surface area contributed by atoms with E-state index in [1.54, 1.807) is 0 Å². The minimum absolute atomic E-state index is 0.164. The van der Waals surface area contributed by atoms with E-state index in [1.807, 2.05) is 0 Å². The van der Waals surface area contributed by atoms with Gasteiger partial charge in [0.1, 0.15) is 24.4 Å². The lowest BCUT2D eigenvalue weighted by atomic mass is 9.99. The molecule has 386 valence electrons. The predicted octanol–water partition coefficient (Wildman–Crippen LogP) is 12.8. The number of carbonyl (C=O) groups excluding carboxylic acids is 1. The van der Waals surface area contributed by atoms with E-state index in [4.69, 9.17) is 9.47 Å². The van der Waals surface area contributed by atoms with Crippen LogP contribution in [0.4, 0.5) is 0 Å². The molecule has 9 nitrogen and oxygen atoms in total. The van der Waals surface area contributed by atoms with E-state index in [1.165, 1.54) is 57.8 Å². The molecule has 68 heavy (non-hydrogen) atoms. The SMILES string of the molecule is CC/C=C\C/C=C\C/C=C\C/C=C\C/C=C\C/C=C\C/C=C\C/C=C\C/C=C\C/C=C\CCCCC(=O)NC(COC1OC(CO)C(O)C(O)C1O)C(O)CCCCCCCCCCCCCC. The van der Waals surface area contributed by atoms with Gasteiger partial charge in [0.2, 0.25) is 5.91 Å². The van der Waals surface area contributed by atoms with Crippen LogP contribution in [0, 0.1) is 0 Å². The highest BCUT2D eigenvalue weighted by molar-refractivity contribution is 5.76. The van der Waals surface area contributed by atoms with Crippen LogP contribution in [0.15, 0.2) is 122 Å². The van der Waals surface area contributed by atoms with Crippen LogP contribution < -0.4 is 5.32 Å². The van der Waals surface area contributed by atoms with Gasteiger partial charge in [0.25, 0.3) is 0 Å². The van der Waals surface area contributed by atoms with Gasteiger partial charge in [-0.1, -0.05) is 212 Å². The number of carbonyl (C=O) groups is 1. The van der Waals surface area contributed by atoms with Crippen LogP contribution in [0.2, 0.25) is 0 Å². The lowest BCUT2D eigenvalue weighted by molar-refractivity contribution is -0.302. The Labute approximate surface area is 414 Å². The lowest BCUT2D eigenvalue weighted by Crippen LogP contribution is -2.60. The molecule has 1 aliphatic heterocycles. The molecular weight excluding hydrogens is 851 g/mol. The Hall–Kier alpha value is -3.41. The Kier molecular flexibility index (Phi) is 43.5. The number of ether oxygens (including phenoxy) is 2. The Morgan fingerprint density at radius 2 is 0.912 bits per heavy atom. The number of nitrogens with one attached hydrogen (secondary N) is 1. The summed E-state index contributed by atoms with van der Waals surface area (Å²) in [5.74, 6) is -0.193. The van der Waals surface area contributed by atoms with E-state index in [-0.39, 0.29) is 12.5 Å². The fourth-order valence-corrected chi connectivity index (χ4v) is 7.60. The number of aliphatic hydroxyl groups excluding tert-OH is 5. The second kappa shape index (κ2) is 47.3. The summed E-state index contributed by atoms with van der Waals surface area (Å²) in [6.45, 7) is 3.67. The van der Waals surface area contributed by atoms with E-state index in [0.29, 0.717) is 19.3 Å². The van der Waals surface area contributed by atoms with Crippen LogP contribution in [-0.4, -0.2) is 87.5 Å². The van der Waals surface area contributed by atoms with Gasteiger partial charge in [-0.2, -0.15) is 0 Å². The Balaban J connectivity index is 2.26. The maximum atomic E-state index is 13.0. The first-order chi connectivity index (χ1) is 33.3. The van der Waals surface area contributed by atoms with Gasteiger partial charge in [0.05, 0.1) is 25.4 Å². The van der Waals surface area contributed by atoms with Crippen LogP contribution in [0.3, 0.4) is 0 Å². The maximum absolute atomic E-state index is 13.0. The molecule has 7 atom stereocenters. The maximum Gasteiger partial charge on any atom is 0.220 e. The molecule has 0 aromatic rings. The summed E-state index contributed by atoms with van der Waals surface area (Å²) >= 11 is 0. The second-order valence-corrected chi connectivity index (χ2v) is 17.9. The largest absolute Gasteiger partial charge is 0.394 e. The van der Waals surface area contributed by atoms with E-state index >= 15 is 0 Å². The zero-order valence-corrected chi connectivity index (χ0v) is 42.6. The van der Waals surface area contributed by atoms with Crippen molar-refractivity contribution in [2.24, 2.45) is 0 Å². The zero-order chi connectivity index (χ0) is 49.4. The Bertz CT molecular complexity index is 1470. The molecule has 0 radical (unpaired) electrons. The summed E-state index contributed by atoms with van der Waals surface area (Å²) in [7, 11) is 0. The average molecular weight is 948 g/mol. The molecule has 0 saturated carbocycles. The minimum Gasteiger partial charge on any atom is -0.394 e. The van der Waals surface area contributed by atoms with Gasteiger partial charge in [0, 0.05) is 6.42 Å². The summed E-state index contributed by atoms with van der Waals surface area (Å²) in [5.41, 5.74) is 0. The number of unbranched alkanes of at least 4 members (excludes halogenated alkanes) is 13. The molecule has 9 heteroatoms. The molecule has 1 rings (SSSR count). The number of aliphatic hydroxyl groups is 5. The molecular formula is C59H97NO8. The molecule has 1 aliphatic rings. The van der Waals surface area contributed by atoms with Crippen molar-refractivity contribution in [1.29, 1.82) is 0 Å². The van der Waals surface area contributed by atoms with E-state index in [9.17, 15) is 30.3 Å². The predicted molar refractivity (Wildman–Crippen MR) is 285 cm³/mol. The molecule has 7 unspecified atom stereocenters. The van der Waals surface area contributed by atoms with Gasteiger partial charge in [-0.15, -0.1) is 0 Å². The number of amides is 1. The summed E-state index contributed by atoms with van der Waals surface area (Å²) in [5, 5.41) is 54.4. The van der Waals surface area contributed by atoms with Crippen molar-refractivity contribution in [3.05, 3.63) is 122 Å². The van der Waals surface area contributed by atoms with E-state index < -0.39 is 49.5 Å². The van der Waals surface area contributed by atoms with Crippen molar-refractivity contribution in [2.75, 3.05) is 13.2 Å². The zero-order valence-electron chi connectivity index (χ0n) is 42.6. The third-order valence-corrected chi connectivity index (χ3v) is 11.8. The molecule has 0 bridgehead atoms. The monoisotopic (exact) mass is 948 g/mol. The van der Waals surface area contributed by atoms with E-state index in [0.717, 1.165) is 96.3 Å². The van der Waals surface area contributed by atoms with Gasteiger partial charge in [-0.3, -0.25) is 4.79 Å². The van der Waals surface area contributed by atoms with Crippen LogP contribution in [0.1, 0.15) is 187 Å². The van der Waals surface area contributed by atoms with Gasteiger partial charge in [-0.05, 0) is 89.9 Å². The smallest absolute Gasteiger partial charge is 0.220 e. The Morgan fingerprint density at radius 3 is 1.32 bits per heavy atom. The standard InChI is InChI=1S/C59H97NO8/c1-3-5-7-9-11-13-15-17-18-19-20-21-22-23-24-25-26-27-28-29-30-31-32-33-34-35-36-37-39-41-43-45-47-49-55(63)60-52(51-67-59-58(66)57(65)56(64)54(50-61)68-59)53(62)48-46-44-42-40-38-16-14-12-10-8-6-4-2/h5,7,11,13,17-18,20-21,23-24,26-27,29-30,32-33,35-36,39,41,52-54,56-59,61-62,64-66H,3-4,6,8-10,12,14-16,19,22,25,28,31,34,37-38,40,42-51H2,1-2H3,(H,60,63)/b7-5-,13-11-,18-17-,21-20-,24-23-,27-26-,30-29-,33-32-,36-35-,41-39-. The van der Waals surface area contributed by atoms with Gasteiger partial charge < -0.3 is 40.3 Å². The molecule has 0 aliphatic carbocycles. The quantitative estimate of drug-likeness (QED) is 0.0261. The average Bonchev–Trinajstić information content (AvgIpc) is 3.34. The number of rotatable bonds is 43. The lowest BCUT2D eigenvalue weighted by Gasteiger charge is -2.40. The van der Waals surface area contributed by atoms with Gasteiger partial charge in [0.15, 0.2) is 6.29 Å². The molecule has 1 amide bonds. The van der Waals surface area contributed by atoms with Crippen molar-refractivity contribution in [2.45, 2.75) is 230 Å². The van der Waals surface area contributed by atoms with Gasteiger partial charge in [-0.25, -0.2) is 0 Å². The van der Waals surface area contributed by atoms with Crippen LogP contribution >= 0.6 is 0 Å². The first kappa shape index (κ1) is 62.6. The molecule has 1 heterocycles.